The van der Waals surface area contributed by atoms with E-state index in [1.165, 1.54) is 29.7 Å². The molecule has 0 saturated heterocycles. The zero-order valence-corrected chi connectivity index (χ0v) is 23.2. The summed E-state index contributed by atoms with van der Waals surface area (Å²) in [6.45, 7) is 1.55. The van der Waals surface area contributed by atoms with Crippen molar-refractivity contribution in [2.45, 2.75) is 42.5 Å². The Balaban J connectivity index is 1.33. The molecule has 0 spiro atoms. The van der Waals surface area contributed by atoms with E-state index in [4.69, 9.17) is 0 Å². The number of thiazole rings is 1. The molecule has 2 aliphatic rings. The largest absolute Gasteiger partial charge is 0.383 e. The van der Waals surface area contributed by atoms with Gasteiger partial charge in [0, 0.05) is 47.0 Å². The first-order chi connectivity index (χ1) is 19.2. The summed E-state index contributed by atoms with van der Waals surface area (Å²) in [4.78, 5) is 14.1. The Hall–Kier alpha value is -3.73. The molecular weight excluding hydrogens is 547 g/mol. The van der Waals surface area contributed by atoms with E-state index in [-0.39, 0.29) is 5.65 Å². The summed E-state index contributed by atoms with van der Waals surface area (Å²) < 4.78 is 43.1. The van der Waals surface area contributed by atoms with Gasteiger partial charge in [-0.1, -0.05) is 18.2 Å². The molecule has 4 heterocycles. The van der Waals surface area contributed by atoms with Crippen molar-refractivity contribution in [1.82, 2.24) is 18.9 Å². The van der Waals surface area contributed by atoms with Gasteiger partial charge < -0.3 is 5.11 Å². The molecule has 1 N–H and O–H groups in total. The molecule has 40 heavy (non-hydrogen) atoms. The molecule has 1 fully saturated rings. The van der Waals surface area contributed by atoms with Crippen molar-refractivity contribution < 1.29 is 17.9 Å². The average Bonchev–Trinajstić information content (AvgIpc) is 3.60. The van der Waals surface area contributed by atoms with Crippen molar-refractivity contribution in [2.75, 3.05) is 0 Å². The predicted molar refractivity (Wildman–Crippen MR) is 154 cm³/mol. The van der Waals surface area contributed by atoms with Crippen LogP contribution in [0.2, 0.25) is 0 Å². The highest BCUT2D eigenvalue weighted by Crippen LogP contribution is 2.46. The fourth-order valence-corrected chi connectivity index (χ4v) is 8.65. The molecule has 0 amide bonds. The van der Waals surface area contributed by atoms with Gasteiger partial charge in [0.2, 0.25) is 10.0 Å². The smallest absolute Gasteiger partial charge is 0.250 e. The molecule has 7 rings (SSSR count). The van der Waals surface area contributed by atoms with E-state index in [0.717, 1.165) is 37.3 Å². The topological polar surface area (TPSA) is 98.0 Å². The minimum absolute atomic E-state index is 0.251. The predicted octanol–water partition coefficient (Wildman–Crippen LogP) is 6.22. The molecule has 1 aromatic carbocycles. The molecule has 2 unspecified atom stereocenters. The third-order valence-electron chi connectivity index (χ3n) is 8.20. The quantitative estimate of drug-likeness (QED) is 0.268. The Morgan fingerprint density at radius 2 is 1.95 bits per heavy atom. The van der Waals surface area contributed by atoms with Crippen LogP contribution >= 0.6 is 11.3 Å². The molecule has 5 aromatic rings. The summed E-state index contributed by atoms with van der Waals surface area (Å²) in [6, 6.07) is 12.9. The van der Waals surface area contributed by atoms with Gasteiger partial charge >= 0.3 is 0 Å². The van der Waals surface area contributed by atoms with Gasteiger partial charge in [-0.2, -0.15) is 0 Å². The van der Waals surface area contributed by atoms with E-state index in [1.807, 2.05) is 36.4 Å². The first kappa shape index (κ1) is 25.3. The first-order valence-corrected chi connectivity index (χ1v) is 15.3. The van der Waals surface area contributed by atoms with Gasteiger partial charge in [0.15, 0.2) is 5.65 Å². The number of hydrogen-bond donors (Lipinski definition) is 1. The second kappa shape index (κ2) is 8.89. The Labute approximate surface area is 234 Å². The molecule has 2 atom stereocenters. The highest BCUT2D eigenvalue weighted by atomic mass is 32.2. The van der Waals surface area contributed by atoms with Crippen LogP contribution in [0.3, 0.4) is 0 Å². The fourth-order valence-electron chi connectivity index (χ4n) is 5.73. The van der Waals surface area contributed by atoms with Crippen LogP contribution in [0.1, 0.15) is 42.7 Å². The highest BCUT2D eigenvalue weighted by Gasteiger charge is 2.48. The van der Waals surface area contributed by atoms with Crippen molar-refractivity contribution in [3.05, 3.63) is 102 Å². The van der Waals surface area contributed by atoms with Crippen molar-refractivity contribution in [3.8, 4) is 10.4 Å². The summed E-state index contributed by atoms with van der Waals surface area (Å²) in [5, 5.41) is 12.9. The lowest BCUT2D eigenvalue weighted by atomic mass is 9.81. The van der Waals surface area contributed by atoms with E-state index in [9.17, 15) is 17.9 Å². The van der Waals surface area contributed by atoms with Crippen LogP contribution < -0.4 is 0 Å². The van der Waals surface area contributed by atoms with Gasteiger partial charge in [0.1, 0.15) is 21.2 Å². The number of aliphatic hydroxyl groups is 1. The van der Waals surface area contributed by atoms with Crippen LogP contribution in [-0.2, 0) is 15.6 Å². The second-order valence-electron chi connectivity index (χ2n) is 10.6. The zero-order chi connectivity index (χ0) is 27.7. The first-order valence-electron chi connectivity index (χ1n) is 13.0. The number of benzene rings is 1. The SMILES string of the molecule is CC1(S(=O)(=O)n2ccc3c(-c4cnc(C5(O)CCC5)s4)ccnc32)C=C(F)C=CC1c1ccc2ncccc2c1. The van der Waals surface area contributed by atoms with Crippen molar-refractivity contribution >= 4 is 43.3 Å². The van der Waals surface area contributed by atoms with E-state index in [1.54, 1.807) is 37.7 Å². The molecule has 1 saturated carbocycles. The molecule has 202 valence electrons. The maximum absolute atomic E-state index is 14.8. The monoisotopic (exact) mass is 572 g/mol. The summed E-state index contributed by atoms with van der Waals surface area (Å²) in [7, 11) is -4.22. The van der Waals surface area contributed by atoms with E-state index in [2.05, 4.69) is 15.0 Å². The van der Waals surface area contributed by atoms with Gasteiger partial charge in [-0.25, -0.2) is 26.7 Å². The van der Waals surface area contributed by atoms with Crippen LogP contribution in [-0.4, -0.2) is 37.2 Å². The van der Waals surface area contributed by atoms with Crippen LogP contribution in [0.25, 0.3) is 32.4 Å². The number of rotatable bonds is 5. The summed E-state index contributed by atoms with van der Waals surface area (Å²) in [6.07, 6.45) is 12.9. The maximum Gasteiger partial charge on any atom is 0.250 e. The van der Waals surface area contributed by atoms with Crippen LogP contribution in [0, 0.1) is 0 Å². The number of aromatic nitrogens is 4. The van der Waals surface area contributed by atoms with Gasteiger partial charge in [-0.15, -0.1) is 11.3 Å². The Bertz CT molecular complexity index is 1970. The number of allylic oxidation sites excluding steroid dienone is 3. The maximum atomic E-state index is 14.8. The van der Waals surface area contributed by atoms with Crippen LogP contribution in [0.4, 0.5) is 4.39 Å². The Morgan fingerprint density at radius 1 is 1.10 bits per heavy atom. The zero-order valence-electron chi connectivity index (χ0n) is 21.5. The summed E-state index contributed by atoms with van der Waals surface area (Å²) in [5.74, 6) is -1.27. The number of halogens is 1. The number of fused-ring (bicyclic) bond motifs is 2. The van der Waals surface area contributed by atoms with E-state index in [0.29, 0.717) is 23.2 Å². The lowest BCUT2D eigenvalue weighted by Crippen LogP contribution is -2.43. The number of pyridine rings is 2. The lowest BCUT2D eigenvalue weighted by molar-refractivity contribution is -0.0389. The summed E-state index contributed by atoms with van der Waals surface area (Å²) in [5.41, 5.74) is 1.68. The van der Waals surface area contributed by atoms with Crippen molar-refractivity contribution in [2.24, 2.45) is 0 Å². The third kappa shape index (κ3) is 3.70. The van der Waals surface area contributed by atoms with Crippen molar-refractivity contribution in [1.29, 1.82) is 0 Å². The fraction of sp³-hybridized carbons (Fsp3) is 0.233. The van der Waals surface area contributed by atoms with Gasteiger partial charge in [0.25, 0.3) is 0 Å². The molecule has 0 radical (unpaired) electrons. The number of nitrogens with zero attached hydrogens (tertiary/aromatic N) is 4. The van der Waals surface area contributed by atoms with Crippen LogP contribution in [0.15, 0.2) is 91.3 Å². The van der Waals surface area contributed by atoms with Gasteiger partial charge in [-0.05, 0) is 74.2 Å². The molecule has 7 nitrogen and oxygen atoms in total. The normalized spacial score (nSPS) is 22.4. The molecule has 0 bridgehead atoms. The standard InChI is InChI=1S/C30H25FN4O3S2/c1-29(17-21(31)6-7-24(29)19-5-8-25-20(16-19)4-2-13-32-25)40(37,38)35-15-10-23-22(9-14-33-27(23)35)26-18-34-28(39-26)30(36)11-3-12-30/h2,4-10,13-18,24,36H,3,11-12H2,1H3. The Morgan fingerprint density at radius 3 is 2.75 bits per heavy atom. The minimum atomic E-state index is -4.22. The molecule has 2 aliphatic carbocycles. The van der Waals surface area contributed by atoms with E-state index < -0.39 is 32.1 Å². The number of hydrogen-bond acceptors (Lipinski definition) is 7. The average molecular weight is 573 g/mol. The molecule has 0 aliphatic heterocycles. The van der Waals surface area contributed by atoms with Crippen LogP contribution in [0.5, 0.6) is 0 Å². The summed E-state index contributed by atoms with van der Waals surface area (Å²) >= 11 is 1.41. The lowest BCUT2D eigenvalue weighted by Gasteiger charge is -2.35. The molecule has 10 heteroatoms. The minimum Gasteiger partial charge on any atom is -0.383 e. The van der Waals surface area contributed by atoms with Gasteiger partial charge in [0.05, 0.1) is 10.4 Å². The van der Waals surface area contributed by atoms with E-state index >= 15 is 0 Å². The highest BCUT2D eigenvalue weighted by molar-refractivity contribution is 7.91. The third-order valence-corrected chi connectivity index (χ3v) is 11.7. The Kier molecular flexibility index (Phi) is 5.61. The van der Waals surface area contributed by atoms with Crippen molar-refractivity contribution in [3.63, 3.8) is 0 Å². The molecule has 4 aromatic heterocycles. The molecular formula is C30H25FN4O3S2. The second-order valence-corrected chi connectivity index (χ2v) is 13.9. The van der Waals surface area contributed by atoms with Gasteiger partial charge in [-0.3, -0.25) is 4.98 Å².